The molecule has 158 valence electrons. The second-order valence-corrected chi connectivity index (χ2v) is 8.63. The zero-order valence-corrected chi connectivity index (χ0v) is 17.8. The number of benzene rings is 2. The quantitative estimate of drug-likeness (QED) is 0.592. The highest BCUT2D eigenvalue weighted by Crippen LogP contribution is 2.32. The highest BCUT2D eigenvalue weighted by Gasteiger charge is 2.28. The van der Waals surface area contributed by atoms with Crippen LogP contribution in [0, 0.1) is 5.92 Å². The van der Waals surface area contributed by atoms with E-state index in [0.717, 1.165) is 65.5 Å². The van der Waals surface area contributed by atoms with E-state index in [-0.39, 0.29) is 12.5 Å². The van der Waals surface area contributed by atoms with Gasteiger partial charge in [-0.2, -0.15) is 0 Å². The number of esters is 1. The molecule has 0 N–H and O–H groups in total. The molecule has 2 aliphatic rings. The van der Waals surface area contributed by atoms with Crippen molar-refractivity contribution in [2.24, 2.45) is 5.92 Å². The number of hydrogen-bond acceptors (Lipinski definition) is 4. The van der Waals surface area contributed by atoms with Crippen LogP contribution in [0.5, 0.6) is 0 Å². The highest BCUT2D eigenvalue weighted by molar-refractivity contribution is 6.06. The Morgan fingerprint density at radius 1 is 1.10 bits per heavy atom. The number of carbonyl (C=O) groups excluding carboxylic acids is 2. The van der Waals surface area contributed by atoms with Gasteiger partial charge in [-0.05, 0) is 61.3 Å². The Morgan fingerprint density at radius 3 is 2.81 bits per heavy atom. The normalized spacial score (nSPS) is 17.7. The summed E-state index contributed by atoms with van der Waals surface area (Å²) in [6.45, 7) is 2.59. The van der Waals surface area contributed by atoms with Crippen LogP contribution in [0.25, 0.3) is 10.9 Å². The maximum absolute atomic E-state index is 13.2. The highest BCUT2D eigenvalue weighted by atomic mass is 16.5. The smallest absolute Gasteiger partial charge is 0.339 e. The van der Waals surface area contributed by atoms with Crippen LogP contribution in [0.2, 0.25) is 0 Å². The summed E-state index contributed by atoms with van der Waals surface area (Å²) in [5.74, 6) is -0.114. The first-order valence-corrected chi connectivity index (χ1v) is 11.1. The van der Waals surface area contributed by atoms with E-state index >= 15 is 0 Å². The minimum Gasteiger partial charge on any atom is -0.452 e. The fourth-order valence-electron chi connectivity index (χ4n) is 4.87. The van der Waals surface area contributed by atoms with Crippen LogP contribution in [0.4, 0.5) is 5.69 Å². The van der Waals surface area contributed by atoms with E-state index in [1.165, 1.54) is 0 Å². The Kier molecular flexibility index (Phi) is 5.18. The van der Waals surface area contributed by atoms with E-state index in [9.17, 15) is 9.59 Å². The average molecular weight is 415 g/mol. The minimum absolute atomic E-state index is 0.180. The third kappa shape index (κ3) is 3.69. The van der Waals surface area contributed by atoms with E-state index in [1.807, 2.05) is 42.5 Å². The molecule has 1 atom stereocenters. The number of fused-ring (bicyclic) bond motifs is 3. The minimum atomic E-state index is -0.428. The Hall–Kier alpha value is -3.21. The molecule has 3 aromatic rings. The second-order valence-electron chi connectivity index (χ2n) is 8.63. The fraction of sp³-hybridized carbons (Fsp3) is 0.346. The van der Waals surface area contributed by atoms with Crippen molar-refractivity contribution in [2.75, 3.05) is 18.1 Å². The maximum atomic E-state index is 13.2. The number of aromatic nitrogens is 1. The molecular formula is C26H26N2O3. The van der Waals surface area contributed by atoms with Crippen LogP contribution in [-0.4, -0.2) is 30.0 Å². The molecule has 0 saturated carbocycles. The molecule has 2 aromatic carbocycles. The molecule has 31 heavy (non-hydrogen) atoms. The standard InChI is InChI=1S/C26H26N2O3/c1-17-12-13-22-20(15-17)25(19-9-3-4-10-21(19)27-22)26(30)31-16-24(29)28-14-6-8-18-7-2-5-11-23(18)28/h2-5,7,9-11,17H,6,8,12-16H2,1H3. The van der Waals surface area contributed by atoms with Gasteiger partial charge < -0.3 is 9.64 Å². The van der Waals surface area contributed by atoms with Crippen molar-refractivity contribution in [3.8, 4) is 0 Å². The van der Waals surface area contributed by atoms with Gasteiger partial charge in [-0.25, -0.2) is 4.79 Å². The van der Waals surface area contributed by atoms with Crippen LogP contribution in [-0.2, 0) is 28.8 Å². The van der Waals surface area contributed by atoms with Crippen LogP contribution >= 0.6 is 0 Å². The predicted octanol–water partition coefficient (Wildman–Crippen LogP) is 4.50. The molecule has 1 aromatic heterocycles. The summed E-state index contributed by atoms with van der Waals surface area (Å²) in [6, 6.07) is 15.6. The summed E-state index contributed by atoms with van der Waals surface area (Å²) in [5, 5.41) is 0.802. The summed E-state index contributed by atoms with van der Waals surface area (Å²) >= 11 is 0. The lowest BCUT2D eigenvalue weighted by atomic mass is 9.84. The van der Waals surface area contributed by atoms with Crippen molar-refractivity contribution in [1.82, 2.24) is 4.98 Å². The zero-order chi connectivity index (χ0) is 21.4. The topological polar surface area (TPSA) is 59.5 Å². The summed E-state index contributed by atoms with van der Waals surface area (Å²) in [6.07, 6.45) is 4.62. The van der Waals surface area contributed by atoms with Gasteiger partial charge in [0.15, 0.2) is 6.61 Å². The van der Waals surface area contributed by atoms with Gasteiger partial charge in [-0.1, -0.05) is 43.3 Å². The van der Waals surface area contributed by atoms with Gasteiger partial charge in [-0.15, -0.1) is 0 Å². The molecule has 5 nitrogen and oxygen atoms in total. The molecule has 0 fully saturated rings. The first-order valence-electron chi connectivity index (χ1n) is 11.1. The third-order valence-corrected chi connectivity index (χ3v) is 6.45. The maximum Gasteiger partial charge on any atom is 0.339 e. The molecule has 0 radical (unpaired) electrons. The van der Waals surface area contributed by atoms with Crippen molar-refractivity contribution < 1.29 is 14.3 Å². The molecule has 5 heteroatoms. The monoisotopic (exact) mass is 414 g/mol. The molecule has 1 aliphatic heterocycles. The molecule has 1 amide bonds. The zero-order valence-electron chi connectivity index (χ0n) is 17.8. The van der Waals surface area contributed by atoms with Crippen LogP contribution in [0.1, 0.15) is 46.9 Å². The van der Waals surface area contributed by atoms with E-state index in [4.69, 9.17) is 9.72 Å². The molecule has 1 unspecified atom stereocenters. The summed E-state index contributed by atoms with van der Waals surface area (Å²) in [5.41, 5.74) is 5.45. The summed E-state index contributed by atoms with van der Waals surface area (Å²) < 4.78 is 5.61. The number of aryl methyl sites for hydroxylation is 2. The first-order chi connectivity index (χ1) is 15.1. The molecular weight excluding hydrogens is 388 g/mol. The Labute approximate surface area is 182 Å². The largest absolute Gasteiger partial charge is 0.452 e. The van der Waals surface area contributed by atoms with Gasteiger partial charge in [0.1, 0.15) is 0 Å². The lowest BCUT2D eigenvalue weighted by molar-refractivity contribution is -0.121. The second kappa shape index (κ2) is 8.14. The molecule has 0 spiro atoms. The predicted molar refractivity (Wildman–Crippen MR) is 120 cm³/mol. The number of ether oxygens (including phenoxy) is 1. The number of carbonyl (C=O) groups is 2. The number of amides is 1. The van der Waals surface area contributed by atoms with Gasteiger partial charge in [0.2, 0.25) is 0 Å². The van der Waals surface area contributed by atoms with E-state index in [1.54, 1.807) is 4.90 Å². The lowest BCUT2D eigenvalue weighted by Crippen LogP contribution is -2.38. The Balaban J connectivity index is 1.41. The van der Waals surface area contributed by atoms with Crippen LogP contribution < -0.4 is 4.90 Å². The van der Waals surface area contributed by atoms with Gasteiger partial charge in [-0.3, -0.25) is 9.78 Å². The molecule has 2 heterocycles. The van der Waals surface area contributed by atoms with Crippen molar-refractivity contribution >= 4 is 28.5 Å². The van der Waals surface area contributed by atoms with E-state index < -0.39 is 5.97 Å². The molecule has 0 bridgehead atoms. The average Bonchev–Trinajstić information content (AvgIpc) is 2.80. The van der Waals surface area contributed by atoms with Gasteiger partial charge in [0.05, 0.1) is 11.1 Å². The van der Waals surface area contributed by atoms with Crippen molar-refractivity contribution in [3.05, 3.63) is 70.9 Å². The van der Waals surface area contributed by atoms with Crippen LogP contribution in [0.15, 0.2) is 48.5 Å². The first kappa shape index (κ1) is 19.7. The number of pyridine rings is 1. The number of anilines is 1. The van der Waals surface area contributed by atoms with Crippen molar-refractivity contribution in [1.29, 1.82) is 0 Å². The van der Waals surface area contributed by atoms with Crippen molar-refractivity contribution in [2.45, 2.75) is 39.0 Å². The molecule has 1 aliphatic carbocycles. The number of nitrogens with zero attached hydrogens (tertiary/aromatic N) is 2. The van der Waals surface area contributed by atoms with Gasteiger partial charge in [0.25, 0.3) is 5.91 Å². The van der Waals surface area contributed by atoms with E-state index in [2.05, 4.69) is 13.0 Å². The lowest BCUT2D eigenvalue weighted by Gasteiger charge is -2.29. The van der Waals surface area contributed by atoms with E-state index in [0.29, 0.717) is 18.0 Å². The summed E-state index contributed by atoms with van der Waals surface area (Å²) in [4.78, 5) is 32.7. The number of hydrogen-bond donors (Lipinski definition) is 0. The summed E-state index contributed by atoms with van der Waals surface area (Å²) in [7, 11) is 0. The fourth-order valence-corrected chi connectivity index (χ4v) is 4.87. The number of para-hydroxylation sites is 2. The molecule has 5 rings (SSSR count). The third-order valence-electron chi connectivity index (χ3n) is 6.45. The SMILES string of the molecule is CC1CCc2nc3ccccc3c(C(=O)OCC(=O)N3CCCc4ccccc43)c2C1. The van der Waals surface area contributed by atoms with Gasteiger partial charge >= 0.3 is 5.97 Å². The van der Waals surface area contributed by atoms with Gasteiger partial charge in [0, 0.05) is 23.3 Å². The Morgan fingerprint density at radius 2 is 1.90 bits per heavy atom. The number of rotatable bonds is 3. The van der Waals surface area contributed by atoms with Crippen LogP contribution in [0.3, 0.4) is 0 Å². The molecule has 0 saturated heterocycles. The van der Waals surface area contributed by atoms with Crippen molar-refractivity contribution in [3.63, 3.8) is 0 Å². The Bertz CT molecular complexity index is 1170.